The predicted octanol–water partition coefficient (Wildman–Crippen LogP) is 3.74. The number of hydrogen-bond donors (Lipinski definition) is 2. The standard InChI is InChI=1S/C15H17FN2OS/c1-2-4-13(14-5-3-8-20-14)18-15(19)10-6-7-11(16)12(17)9-10/h3,5-9,13H,2,4,17H2,1H3,(H,18,19). The molecule has 2 aromatic rings. The minimum atomic E-state index is -0.509. The van der Waals surface area contributed by atoms with Crippen LogP contribution in [0.4, 0.5) is 10.1 Å². The van der Waals surface area contributed by atoms with Gasteiger partial charge >= 0.3 is 0 Å². The normalized spacial score (nSPS) is 12.1. The summed E-state index contributed by atoms with van der Waals surface area (Å²) < 4.78 is 13.1. The molecule has 0 radical (unpaired) electrons. The molecular weight excluding hydrogens is 275 g/mol. The van der Waals surface area contributed by atoms with E-state index in [9.17, 15) is 9.18 Å². The molecule has 20 heavy (non-hydrogen) atoms. The summed E-state index contributed by atoms with van der Waals surface area (Å²) >= 11 is 1.61. The van der Waals surface area contributed by atoms with Crippen LogP contribution in [0.25, 0.3) is 0 Å². The van der Waals surface area contributed by atoms with E-state index in [1.165, 1.54) is 18.2 Å². The average molecular weight is 292 g/mol. The Morgan fingerprint density at radius 1 is 1.45 bits per heavy atom. The molecule has 1 heterocycles. The fourth-order valence-corrected chi connectivity index (χ4v) is 2.80. The summed E-state index contributed by atoms with van der Waals surface area (Å²) in [7, 11) is 0. The van der Waals surface area contributed by atoms with Gasteiger partial charge in [-0.05, 0) is 36.1 Å². The molecule has 0 bridgehead atoms. The van der Waals surface area contributed by atoms with Crippen molar-refractivity contribution in [1.82, 2.24) is 5.32 Å². The topological polar surface area (TPSA) is 55.1 Å². The molecule has 106 valence electrons. The number of nitrogens with one attached hydrogen (secondary N) is 1. The number of halogens is 1. The SMILES string of the molecule is CCCC(NC(=O)c1ccc(F)c(N)c1)c1cccs1. The van der Waals surface area contributed by atoms with Crippen molar-refractivity contribution in [1.29, 1.82) is 0 Å². The third-order valence-corrected chi connectivity index (χ3v) is 4.01. The van der Waals surface area contributed by atoms with Gasteiger partial charge in [-0.15, -0.1) is 11.3 Å². The number of amides is 1. The van der Waals surface area contributed by atoms with Gasteiger partial charge in [0.25, 0.3) is 5.91 Å². The van der Waals surface area contributed by atoms with E-state index in [0.717, 1.165) is 17.7 Å². The highest BCUT2D eigenvalue weighted by Crippen LogP contribution is 2.24. The molecule has 0 aliphatic heterocycles. The molecule has 1 aromatic carbocycles. The van der Waals surface area contributed by atoms with Crippen molar-refractivity contribution in [2.75, 3.05) is 5.73 Å². The van der Waals surface area contributed by atoms with Crippen molar-refractivity contribution < 1.29 is 9.18 Å². The van der Waals surface area contributed by atoms with Crippen LogP contribution in [0.2, 0.25) is 0 Å². The molecule has 0 fully saturated rings. The van der Waals surface area contributed by atoms with Crippen molar-refractivity contribution in [3.63, 3.8) is 0 Å². The lowest BCUT2D eigenvalue weighted by Crippen LogP contribution is -2.28. The maximum atomic E-state index is 13.1. The van der Waals surface area contributed by atoms with Crippen LogP contribution in [-0.4, -0.2) is 5.91 Å². The van der Waals surface area contributed by atoms with E-state index in [1.54, 1.807) is 11.3 Å². The molecule has 0 aliphatic rings. The molecule has 0 saturated heterocycles. The van der Waals surface area contributed by atoms with Crippen molar-refractivity contribution in [2.45, 2.75) is 25.8 Å². The lowest BCUT2D eigenvalue weighted by Gasteiger charge is -2.17. The molecule has 1 aromatic heterocycles. The van der Waals surface area contributed by atoms with Crippen LogP contribution in [0.15, 0.2) is 35.7 Å². The zero-order valence-electron chi connectivity index (χ0n) is 11.2. The molecule has 1 atom stereocenters. The Labute approximate surface area is 121 Å². The van der Waals surface area contributed by atoms with E-state index in [4.69, 9.17) is 5.73 Å². The quantitative estimate of drug-likeness (QED) is 0.825. The third-order valence-electron chi connectivity index (χ3n) is 3.03. The number of benzene rings is 1. The summed E-state index contributed by atoms with van der Waals surface area (Å²) in [6.45, 7) is 2.07. The zero-order chi connectivity index (χ0) is 14.5. The van der Waals surface area contributed by atoms with E-state index in [-0.39, 0.29) is 17.6 Å². The lowest BCUT2D eigenvalue weighted by molar-refractivity contribution is 0.0935. The van der Waals surface area contributed by atoms with Crippen LogP contribution in [-0.2, 0) is 0 Å². The van der Waals surface area contributed by atoms with E-state index < -0.39 is 5.82 Å². The molecule has 3 N–H and O–H groups in total. The second-order valence-corrected chi connectivity index (χ2v) is 5.55. The van der Waals surface area contributed by atoms with Gasteiger partial charge in [0.1, 0.15) is 5.82 Å². The van der Waals surface area contributed by atoms with Gasteiger partial charge in [-0.1, -0.05) is 19.4 Å². The summed E-state index contributed by atoms with van der Waals surface area (Å²) in [5.41, 5.74) is 5.85. The second kappa shape index (κ2) is 6.52. The molecular formula is C15H17FN2OS. The van der Waals surface area contributed by atoms with Gasteiger partial charge in [-0.25, -0.2) is 4.39 Å². The summed E-state index contributed by atoms with van der Waals surface area (Å²) in [5.74, 6) is -0.742. The van der Waals surface area contributed by atoms with E-state index in [1.807, 2.05) is 17.5 Å². The average Bonchev–Trinajstić information content (AvgIpc) is 2.95. The Morgan fingerprint density at radius 3 is 2.85 bits per heavy atom. The highest BCUT2D eigenvalue weighted by molar-refractivity contribution is 7.10. The number of hydrogen-bond acceptors (Lipinski definition) is 3. The van der Waals surface area contributed by atoms with Crippen molar-refractivity contribution >= 4 is 22.9 Å². The number of carbonyl (C=O) groups excluding carboxylic acids is 1. The van der Waals surface area contributed by atoms with Gasteiger partial charge in [0.2, 0.25) is 0 Å². The van der Waals surface area contributed by atoms with Crippen LogP contribution in [0.1, 0.15) is 41.0 Å². The minimum Gasteiger partial charge on any atom is -0.396 e. The first-order valence-electron chi connectivity index (χ1n) is 6.51. The summed E-state index contributed by atoms with van der Waals surface area (Å²) in [4.78, 5) is 13.3. The summed E-state index contributed by atoms with van der Waals surface area (Å²) in [6.07, 6.45) is 1.83. The smallest absolute Gasteiger partial charge is 0.251 e. The Bertz CT molecular complexity index is 584. The van der Waals surface area contributed by atoms with Gasteiger partial charge in [0.15, 0.2) is 0 Å². The summed E-state index contributed by atoms with van der Waals surface area (Å²) in [6, 6.07) is 7.97. The fourth-order valence-electron chi connectivity index (χ4n) is 1.99. The van der Waals surface area contributed by atoms with Gasteiger partial charge in [0, 0.05) is 10.4 Å². The van der Waals surface area contributed by atoms with Gasteiger partial charge in [0.05, 0.1) is 11.7 Å². The Morgan fingerprint density at radius 2 is 2.25 bits per heavy atom. The number of carbonyl (C=O) groups is 1. The zero-order valence-corrected chi connectivity index (χ0v) is 12.0. The highest BCUT2D eigenvalue weighted by Gasteiger charge is 2.16. The maximum Gasteiger partial charge on any atom is 0.251 e. The number of nitrogens with two attached hydrogens (primary N) is 1. The monoisotopic (exact) mass is 292 g/mol. The molecule has 0 saturated carbocycles. The molecule has 5 heteroatoms. The van der Waals surface area contributed by atoms with Crippen LogP contribution >= 0.6 is 11.3 Å². The first-order chi connectivity index (χ1) is 9.61. The first-order valence-corrected chi connectivity index (χ1v) is 7.39. The minimum absolute atomic E-state index is 0.0131. The largest absolute Gasteiger partial charge is 0.396 e. The third kappa shape index (κ3) is 3.36. The number of nitrogen functional groups attached to an aromatic ring is 1. The van der Waals surface area contributed by atoms with Gasteiger partial charge < -0.3 is 11.1 Å². The summed E-state index contributed by atoms with van der Waals surface area (Å²) in [5, 5.41) is 4.96. The van der Waals surface area contributed by atoms with E-state index in [2.05, 4.69) is 12.2 Å². The van der Waals surface area contributed by atoms with Crippen LogP contribution in [0.3, 0.4) is 0 Å². The van der Waals surface area contributed by atoms with E-state index >= 15 is 0 Å². The number of rotatable bonds is 5. The lowest BCUT2D eigenvalue weighted by atomic mass is 10.1. The highest BCUT2D eigenvalue weighted by atomic mass is 32.1. The number of anilines is 1. The van der Waals surface area contributed by atoms with Crippen molar-refractivity contribution in [2.24, 2.45) is 0 Å². The van der Waals surface area contributed by atoms with Crippen molar-refractivity contribution in [3.8, 4) is 0 Å². The molecule has 2 rings (SSSR count). The molecule has 0 aliphatic carbocycles. The number of thiophene rings is 1. The van der Waals surface area contributed by atoms with Crippen LogP contribution in [0.5, 0.6) is 0 Å². The Balaban J connectivity index is 2.13. The Kier molecular flexibility index (Phi) is 4.74. The van der Waals surface area contributed by atoms with Gasteiger partial charge in [-0.2, -0.15) is 0 Å². The van der Waals surface area contributed by atoms with Crippen molar-refractivity contribution in [3.05, 3.63) is 52.0 Å². The van der Waals surface area contributed by atoms with Crippen LogP contribution < -0.4 is 11.1 Å². The molecule has 1 amide bonds. The molecule has 3 nitrogen and oxygen atoms in total. The van der Waals surface area contributed by atoms with Gasteiger partial charge in [-0.3, -0.25) is 4.79 Å². The van der Waals surface area contributed by atoms with Crippen LogP contribution in [0, 0.1) is 5.82 Å². The Hall–Kier alpha value is -1.88. The molecule has 1 unspecified atom stereocenters. The maximum absolute atomic E-state index is 13.1. The molecule has 0 spiro atoms. The second-order valence-electron chi connectivity index (χ2n) is 4.57. The fraction of sp³-hybridized carbons (Fsp3) is 0.267. The van der Waals surface area contributed by atoms with E-state index in [0.29, 0.717) is 5.56 Å². The first kappa shape index (κ1) is 14.5. The predicted molar refractivity (Wildman–Crippen MR) is 80.2 cm³/mol.